The molecule has 0 fully saturated rings. The zero-order chi connectivity index (χ0) is 40.5. The minimum absolute atomic E-state index is 0.0275. The zero-order valence-electron chi connectivity index (χ0n) is 36.3. The zero-order valence-corrected chi connectivity index (χ0v) is 22.3. The van der Waals surface area contributed by atoms with Gasteiger partial charge in [-0.2, -0.15) is 0 Å². The maximum Gasteiger partial charge on any atom is 0.136 e. The lowest BCUT2D eigenvalue weighted by atomic mass is 9.85. The average Bonchev–Trinajstić information content (AvgIpc) is 3.63. The van der Waals surface area contributed by atoms with E-state index in [4.69, 9.17) is 20.9 Å². The Hall–Kier alpha value is -5.66. The topological polar surface area (TPSA) is 13.1 Å². The van der Waals surface area contributed by atoms with Crippen molar-refractivity contribution in [3.8, 4) is 33.4 Å². The molecule has 43 heavy (non-hydrogen) atoms. The number of para-hydroxylation sites is 1. The molecular weight excluding hydrogens is 520 g/mol. The lowest BCUT2D eigenvalue weighted by Gasteiger charge is -2.18. The van der Waals surface area contributed by atoms with E-state index in [9.17, 15) is 2.74 Å². The lowest BCUT2D eigenvalue weighted by Crippen LogP contribution is -1.91. The molecule has 0 aliphatic carbocycles. The Bertz CT molecular complexity index is 3230. The van der Waals surface area contributed by atoms with E-state index in [0.29, 0.717) is 38.2 Å². The number of fused-ring (bicyclic) bond motifs is 6. The third-order valence-corrected chi connectivity index (χ3v) is 7.82. The van der Waals surface area contributed by atoms with Crippen molar-refractivity contribution in [1.82, 2.24) is 0 Å². The molecule has 9 aromatic rings. The molecule has 0 unspecified atom stereocenters. The third kappa shape index (κ3) is 3.72. The fourth-order valence-electron chi connectivity index (χ4n) is 5.99. The summed E-state index contributed by atoms with van der Waals surface area (Å²) in [5, 5.41) is 2.34. The molecule has 1 aromatic heterocycles. The highest BCUT2D eigenvalue weighted by molar-refractivity contribution is 6.22. The normalized spacial score (nSPS) is 16.3. The van der Waals surface area contributed by atoms with Crippen molar-refractivity contribution in [2.24, 2.45) is 0 Å². The molecule has 8 aromatic carbocycles. The molecule has 200 valence electrons. The smallest absolute Gasteiger partial charge is 0.136 e. The Morgan fingerprint density at radius 2 is 1.02 bits per heavy atom. The van der Waals surface area contributed by atoms with Crippen molar-refractivity contribution in [2.45, 2.75) is 0 Å². The summed E-state index contributed by atoms with van der Waals surface area (Å²) in [7, 11) is 0. The Balaban J connectivity index is 1.37. The SMILES string of the molecule is [2H]c1c([2H])c([2H])c2c(oc3c([2H])c(-c4c5ccccc5c(-c5cccc(-c6c([2H])c([2H])c([2H])c7c([2H])c([2H])c([2H])c([2H])c67)c5)c5ccccc45)c([2H])c([2H])c32)c1[2H]. The van der Waals surface area contributed by atoms with Crippen LogP contribution in [-0.4, -0.2) is 0 Å². The minimum Gasteiger partial charge on any atom is -0.456 e. The van der Waals surface area contributed by atoms with Gasteiger partial charge in [0.25, 0.3) is 0 Å². The predicted octanol–water partition coefficient (Wildman–Crippen LogP) is 12.0. The molecule has 0 amide bonds. The van der Waals surface area contributed by atoms with Crippen LogP contribution in [0.25, 0.3) is 87.6 Å². The van der Waals surface area contributed by atoms with Crippen LogP contribution in [0.15, 0.2) is 162 Å². The van der Waals surface area contributed by atoms with Crippen molar-refractivity contribution < 1.29 is 23.6 Å². The molecule has 0 saturated carbocycles. The van der Waals surface area contributed by atoms with E-state index >= 15 is 0 Å². The molecule has 0 N–H and O–H groups in total. The van der Waals surface area contributed by atoms with Gasteiger partial charge in [0.05, 0.1) is 19.2 Å². The second-order valence-corrected chi connectivity index (χ2v) is 10.2. The van der Waals surface area contributed by atoms with Crippen LogP contribution in [0.3, 0.4) is 0 Å². The van der Waals surface area contributed by atoms with Gasteiger partial charge in [0.1, 0.15) is 11.2 Å². The first-order valence-electron chi connectivity index (χ1n) is 20.6. The minimum atomic E-state index is -0.536. The van der Waals surface area contributed by atoms with Crippen LogP contribution in [0.5, 0.6) is 0 Å². The average molecular weight is 561 g/mol. The Morgan fingerprint density at radius 1 is 0.419 bits per heavy atom. The Labute approximate surface area is 268 Å². The van der Waals surface area contributed by atoms with Crippen molar-refractivity contribution in [1.29, 1.82) is 0 Å². The van der Waals surface area contributed by atoms with Crippen molar-refractivity contribution in [3.05, 3.63) is 157 Å². The summed E-state index contributed by atoms with van der Waals surface area (Å²) < 4.78 is 127. The van der Waals surface area contributed by atoms with Crippen LogP contribution >= 0.6 is 0 Å². The Kier molecular flexibility index (Phi) is 3.07. The Morgan fingerprint density at radius 3 is 1.79 bits per heavy atom. The van der Waals surface area contributed by atoms with Gasteiger partial charge in [-0.1, -0.05) is 133 Å². The number of hydrogen-bond acceptors (Lipinski definition) is 1. The van der Waals surface area contributed by atoms with Crippen LogP contribution in [0.4, 0.5) is 0 Å². The molecule has 0 spiro atoms. The molecular formula is C42H26O. The van der Waals surface area contributed by atoms with Crippen molar-refractivity contribution >= 4 is 54.3 Å². The molecule has 9 rings (SSSR count). The summed E-state index contributed by atoms with van der Waals surface area (Å²) in [4.78, 5) is 0. The van der Waals surface area contributed by atoms with E-state index in [1.165, 1.54) is 0 Å². The molecule has 1 heterocycles. The standard InChI is InChI=1S/C42H26O/c1-2-15-31-27(11-1)12-10-21-32(31)28-13-9-14-29(25-28)41-35-17-3-5-19-37(35)42(38-20-6-4-18-36(38)41)30-23-24-34-33-16-7-8-22-39(33)43-40(34)26-30/h1-26H/i1D,2D,7D,8D,10D,11D,12D,15D,16D,21D,22D,23D,24D,26D. The molecule has 0 saturated heterocycles. The number of rotatable bonds is 3. The second kappa shape index (κ2) is 9.44. The maximum atomic E-state index is 9.45. The van der Waals surface area contributed by atoms with Gasteiger partial charge in [0.15, 0.2) is 0 Å². The van der Waals surface area contributed by atoms with Gasteiger partial charge in [-0.3, -0.25) is 0 Å². The quantitative estimate of drug-likeness (QED) is 0.196. The van der Waals surface area contributed by atoms with Gasteiger partial charge in [-0.25, -0.2) is 0 Å². The molecule has 0 aliphatic heterocycles. The fraction of sp³-hybridized carbons (Fsp3) is 0. The molecule has 0 atom stereocenters. The summed E-state index contributed by atoms with van der Waals surface area (Å²) in [6.45, 7) is 0. The van der Waals surface area contributed by atoms with Gasteiger partial charge in [-0.15, -0.1) is 0 Å². The molecule has 0 aliphatic rings. The van der Waals surface area contributed by atoms with E-state index in [2.05, 4.69) is 0 Å². The summed E-state index contributed by atoms with van der Waals surface area (Å²) >= 11 is 0. The van der Waals surface area contributed by atoms with E-state index < -0.39 is 60.4 Å². The maximum absolute atomic E-state index is 9.45. The van der Waals surface area contributed by atoms with Gasteiger partial charge in [-0.05, 0) is 89.9 Å². The van der Waals surface area contributed by atoms with Crippen LogP contribution in [0.2, 0.25) is 0 Å². The van der Waals surface area contributed by atoms with Crippen LogP contribution < -0.4 is 0 Å². The van der Waals surface area contributed by atoms with Gasteiger partial charge >= 0.3 is 0 Å². The monoisotopic (exact) mass is 560 g/mol. The summed E-state index contributed by atoms with van der Waals surface area (Å²) in [5.41, 5.74) is 2.06. The van der Waals surface area contributed by atoms with Gasteiger partial charge in [0, 0.05) is 10.8 Å². The first kappa shape index (κ1) is 14.0. The van der Waals surface area contributed by atoms with E-state index in [-0.39, 0.29) is 68.0 Å². The van der Waals surface area contributed by atoms with Crippen molar-refractivity contribution in [2.75, 3.05) is 0 Å². The first-order valence-corrected chi connectivity index (χ1v) is 13.6. The molecule has 1 heteroatoms. The first-order chi connectivity index (χ1) is 27.2. The molecule has 1 nitrogen and oxygen atoms in total. The predicted molar refractivity (Wildman–Crippen MR) is 183 cm³/mol. The highest BCUT2D eigenvalue weighted by atomic mass is 16.3. The molecule has 0 bridgehead atoms. The van der Waals surface area contributed by atoms with Crippen LogP contribution in [-0.2, 0) is 0 Å². The highest BCUT2D eigenvalue weighted by Crippen LogP contribution is 2.45. The number of hydrogen-bond donors (Lipinski definition) is 0. The second-order valence-electron chi connectivity index (χ2n) is 10.2. The third-order valence-electron chi connectivity index (χ3n) is 7.82. The largest absolute Gasteiger partial charge is 0.456 e. The fourth-order valence-corrected chi connectivity index (χ4v) is 5.99. The summed E-state index contributed by atoms with van der Waals surface area (Å²) in [6.07, 6.45) is 0. The van der Waals surface area contributed by atoms with E-state index in [1.807, 2.05) is 54.6 Å². The van der Waals surface area contributed by atoms with Crippen LogP contribution in [0, 0.1) is 0 Å². The van der Waals surface area contributed by atoms with Gasteiger partial charge in [0.2, 0.25) is 0 Å². The highest BCUT2D eigenvalue weighted by Gasteiger charge is 2.18. The lowest BCUT2D eigenvalue weighted by molar-refractivity contribution is 0.669. The molecule has 0 radical (unpaired) electrons. The number of benzene rings is 8. The number of furan rings is 1. The summed E-state index contributed by atoms with van der Waals surface area (Å²) in [5.74, 6) is 0. The van der Waals surface area contributed by atoms with E-state index in [0.717, 1.165) is 5.56 Å². The van der Waals surface area contributed by atoms with Gasteiger partial charge < -0.3 is 4.42 Å². The summed E-state index contributed by atoms with van der Waals surface area (Å²) in [6, 6.07) is 15.7. The van der Waals surface area contributed by atoms with Crippen molar-refractivity contribution in [3.63, 3.8) is 0 Å². The van der Waals surface area contributed by atoms with E-state index in [1.54, 1.807) is 18.2 Å². The van der Waals surface area contributed by atoms with Crippen LogP contribution in [0.1, 0.15) is 19.2 Å².